The van der Waals surface area contributed by atoms with Crippen LogP contribution in [-0.2, 0) is 6.42 Å². The van der Waals surface area contributed by atoms with Gasteiger partial charge in [0.15, 0.2) is 0 Å². The molecule has 9 heteroatoms. The Bertz CT molecular complexity index is 741. The topological polar surface area (TPSA) is 102 Å². The van der Waals surface area contributed by atoms with Crippen LogP contribution in [0.2, 0.25) is 0 Å². The molecule has 1 atom stereocenters. The first kappa shape index (κ1) is 19.9. The molecule has 26 heavy (non-hydrogen) atoms. The number of nitro benzene ring substituents is 1. The molecule has 1 fully saturated rings. The van der Waals surface area contributed by atoms with E-state index >= 15 is 0 Å². The molecule has 2 N–H and O–H groups in total. The number of hydrogen-bond donors (Lipinski definition) is 2. The summed E-state index contributed by atoms with van der Waals surface area (Å²) < 4.78 is 1.86. The lowest BCUT2D eigenvalue weighted by Crippen LogP contribution is -2.32. The quantitative estimate of drug-likeness (QED) is 0.591. The van der Waals surface area contributed by atoms with Gasteiger partial charge in [0.05, 0.1) is 11.0 Å². The summed E-state index contributed by atoms with van der Waals surface area (Å²) in [5.41, 5.74) is 1.41. The first-order valence-electron chi connectivity index (χ1n) is 8.41. The first-order valence-corrected chi connectivity index (χ1v) is 8.41. The van der Waals surface area contributed by atoms with Crippen molar-refractivity contribution in [1.82, 2.24) is 20.4 Å². The number of amides is 1. The molecule has 1 unspecified atom stereocenters. The van der Waals surface area contributed by atoms with Crippen LogP contribution in [0.15, 0.2) is 36.5 Å². The zero-order valence-electron chi connectivity index (χ0n) is 14.3. The molecule has 2 heterocycles. The summed E-state index contributed by atoms with van der Waals surface area (Å²) in [5, 5.41) is 21.2. The van der Waals surface area contributed by atoms with Crippen molar-refractivity contribution in [3.8, 4) is 0 Å². The van der Waals surface area contributed by atoms with E-state index in [2.05, 4.69) is 15.7 Å². The van der Waals surface area contributed by atoms with Crippen LogP contribution in [0.4, 0.5) is 5.69 Å². The van der Waals surface area contributed by atoms with E-state index < -0.39 is 4.92 Å². The summed E-state index contributed by atoms with van der Waals surface area (Å²) in [6, 6.07) is 8.38. The van der Waals surface area contributed by atoms with Crippen molar-refractivity contribution in [2.45, 2.75) is 25.3 Å². The Morgan fingerprint density at radius 2 is 2.12 bits per heavy atom. The minimum absolute atomic E-state index is 0. The molecule has 2 aromatic rings. The normalized spacial score (nSPS) is 16.5. The summed E-state index contributed by atoms with van der Waals surface area (Å²) in [6.45, 7) is 2.37. The van der Waals surface area contributed by atoms with Gasteiger partial charge in [0.2, 0.25) is 0 Å². The number of hydrogen-bond acceptors (Lipinski definition) is 5. The number of carbonyl (C=O) groups is 1. The number of benzene rings is 1. The van der Waals surface area contributed by atoms with Gasteiger partial charge in [-0.15, -0.1) is 12.4 Å². The summed E-state index contributed by atoms with van der Waals surface area (Å²) in [7, 11) is 0. The van der Waals surface area contributed by atoms with Gasteiger partial charge in [0, 0.05) is 31.4 Å². The molecule has 8 nitrogen and oxygen atoms in total. The fourth-order valence-corrected chi connectivity index (χ4v) is 2.92. The second-order valence-electron chi connectivity index (χ2n) is 6.11. The van der Waals surface area contributed by atoms with Gasteiger partial charge in [0.25, 0.3) is 11.6 Å². The number of non-ortho nitro benzene ring substituents is 1. The molecule has 0 aliphatic carbocycles. The third-order valence-electron chi connectivity index (χ3n) is 4.33. The number of carbonyl (C=O) groups excluding carboxylic acids is 1. The van der Waals surface area contributed by atoms with Gasteiger partial charge in [-0.1, -0.05) is 12.1 Å². The average Bonchev–Trinajstić information content (AvgIpc) is 3.13. The van der Waals surface area contributed by atoms with Gasteiger partial charge in [0.1, 0.15) is 5.69 Å². The predicted octanol–water partition coefficient (Wildman–Crippen LogP) is 2.11. The number of nitrogens with one attached hydrogen (secondary N) is 2. The Morgan fingerprint density at radius 1 is 1.35 bits per heavy atom. The van der Waals surface area contributed by atoms with E-state index in [9.17, 15) is 14.9 Å². The van der Waals surface area contributed by atoms with Gasteiger partial charge >= 0.3 is 0 Å². The lowest BCUT2D eigenvalue weighted by molar-refractivity contribution is -0.384. The van der Waals surface area contributed by atoms with Crippen molar-refractivity contribution in [1.29, 1.82) is 0 Å². The highest BCUT2D eigenvalue weighted by Crippen LogP contribution is 2.16. The van der Waals surface area contributed by atoms with E-state index in [0.29, 0.717) is 24.7 Å². The highest BCUT2D eigenvalue weighted by atomic mass is 35.5. The van der Waals surface area contributed by atoms with Gasteiger partial charge in [-0.2, -0.15) is 5.10 Å². The van der Waals surface area contributed by atoms with Gasteiger partial charge < -0.3 is 10.6 Å². The minimum Gasteiger partial charge on any atom is -0.350 e. The van der Waals surface area contributed by atoms with Crippen LogP contribution >= 0.6 is 12.4 Å². The van der Waals surface area contributed by atoms with E-state index in [4.69, 9.17) is 0 Å². The van der Waals surface area contributed by atoms with Crippen LogP contribution in [0, 0.1) is 10.1 Å². The smallest absolute Gasteiger partial charge is 0.271 e. The molecule has 0 bridgehead atoms. The fraction of sp³-hybridized carbons (Fsp3) is 0.412. The summed E-state index contributed by atoms with van der Waals surface area (Å²) in [6.07, 6.45) is 4.64. The molecule has 140 valence electrons. The van der Waals surface area contributed by atoms with Crippen molar-refractivity contribution in [2.75, 3.05) is 19.6 Å². The number of halogens is 1. The number of nitro groups is 1. The molecule has 3 rings (SSSR count). The van der Waals surface area contributed by atoms with E-state index in [1.807, 2.05) is 10.9 Å². The minimum atomic E-state index is -0.427. The van der Waals surface area contributed by atoms with Crippen LogP contribution in [0.3, 0.4) is 0 Å². The fourth-order valence-electron chi connectivity index (χ4n) is 2.92. The van der Waals surface area contributed by atoms with Gasteiger partial charge in [-0.3, -0.25) is 19.6 Å². The second kappa shape index (κ2) is 9.30. The Labute approximate surface area is 157 Å². The molecule has 0 spiro atoms. The van der Waals surface area contributed by atoms with Crippen molar-refractivity contribution in [3.63, 3.8) is 0 Å². The van der Waals surface area contributed by atoms with Crippen LogP contribution in [-0.4, -0.2) is 40.2 Å². The Hall–Kier alpha value is -2.45. The molecule has 0 radical (unpaired) electrons. The van der Waals surface area contributed by atoms with E-state index in [1.54, 1.807) is 18.2 Å². The Morgan fingerprint density at radius 3 is 2.77 bits per heavy atom. The van der Waals surface area contributed by atoms with Crippen LogP contribution in [0.5, 0.6) is 0 Å². The SMILES string of the molecule is Cl.O=C(NCCc1ccc([N+](=O)[O-])cc1)c1ccn(C2CCCNC2)n1. The zero-order valence-corrected chi connectivity index (χ0v) is 15.1. The molecular weight excluding hydrogens is 358 g/mol. The van der Waals surface area contributed by atoms with Crippen molar-refractivity contribution in [3.05, 3.63) is 57.9 Å². The third-order valence-corrected chi connectivity index (χ3v) is 4.33. The molecule has 1 aromatic heterocycles. The highest BCUT2D eigenvalue weighted by molar-refractivity contribution is 5.92. The number of piperidine rings is 1. The number of rotatable bonds is 6. The van der Waals surface area contributed by atoms with Gasteiger partial charge in [-0.25, -0.2) is 0 Å². The van der Waals surface area contributed by atoms with Crippen LogP contribution < -0.4 is 10.6 Å². The second-order valence-corrected chi connectivity index (χ2v) is 6.11. The molecule has 1 aromatic carbocycles. The zero-order chi connectivity index (χ0) is 17.6. The first-order chi connectivity index (χ1) is 12.1. The van der Waals surface area contributed by atoms with Gasteiger partial charge in [-0.05, 0) is 37.4 Å². The summed E-state index contributed by atoms with van der Waals surface area (Å²) in [5.74, 6) is -0.204. The van der Waals surface area contributed by atoms with E-state index in [-0.39, 0.29) is 24.0 Å². The maximum absolute atomic E-state index is 12.2. The number of nitrogens with zero attached hydrogens (tertiary/aromatic N) is 3. The molecule has 1 amide bonds. The monoisotopic (exact) mass is 379 g/mol. The van der Waals surface area contributed by atoms with Crippen LogP contribution in [0.1, 0.15) is 34.9 Å². The number of aromatic nitrogens is 2. The maximum atomic E-state index is 12.2. The molecule has 0 saturated carbocycles. The van der Waals surface area contributed by atoms with Crippen molar-refractivity contribution in [2.24, 2.45) is 0 Å². The molecular formula is C17H22ClN5O3. The highest BCUT2D eigenvalue weighted by Gasteiger charge is 2.17. The molecule has 1 saturated heterocycles. The largest absolute Gasteiger partial charge is 0.350 e. The van der Waals surface area contributed by atoms with Crippen molar-refractivity contribution < 1.29 is 9.72 Å². The third kappa shape index (κ3) is 5.03. The maximum Gasteiger partial charge on any atom is 0.271 e. The average molecular weight is 380 g/mol. The van der Waals surface area contributed by atoms with E-state index in [0.717, 1.165) is 31.5 Å². The predicted molar refractivity (Wildman–Crippen MR) is 99.7 cm³/mol. The summed E-state index contributed by atoms with van der Waals surface area (Å²) >= 11 is 0. The Kier molecular flexibility index (Phi) is 7.11. The molecule has 1 aliphatic heterocycles. The lowest BCUT2D eigenvalue weighted by atomic mass is 10.1. The lowest BCUT2D eigenvalue weighted by Gasteiger charge is -2.22. The van der Waals surface area contributed by atoms with Crippen molar-refractivity contribution >= 4 is 24.0 Å². The summed E-state index contributed by atoms with van der Waals surface area (Å²) in [4.78, 5) is 22.4. The standard InChI is InChI=1S/C17H21N5O3.ClH/c23-17(16-8-11-21(20-16)15-2-1-9-18-12-15)19-10-7-13-3-5-14(6-4-13)22(24)25;/h3-6,8,11,15,18H,1-2,7,9-10,12H2,(H,19,23);1H. The Balaban J connectivity index is 0.00000243. The molecule has 1 aliphatic rings. The van der Waals surface area contributed by atoms with E-state index in [1.165, 1.54) is 12.1 Å². The van der Waals surface area contributed by atoms with Crippen LogP contribution in [0.25, 0.3) is 0 Å².